The van der Waals surface area contributed by atoms with E-state index in [9.17, 15) is 26.4 Å². The summed E-state index contributed by atoms with van der Waals surface area (Å²) in [5, 5.41) is 2.46. The third-order valence-electron chi connectivity index (χ3n) is 3.81. The van der Waals surface area contributed by atoms with E-state index in [-0.39, 0.29) is 23.5 Å². The fourth-order valence-corrected chi connectivity index (χ4v) is 3.71. The first-order valence-corrected chi connectivity index (χ1v) is 9.51. The van der Waals surface area contributed by atoms with Crippen LogP contribution in [0, 0.1) is 13.8 Å². The molecular formula is C18H19F3N2O3S. The molecule has 0 heterocycles. The Morgan fingerprint density at radius 2 is 1.63 bits per heavy atom. The number of benzene rings is 2. The lowest BCUT2D eigenvalue weighted by Gasteiger charge is -2.11. The molecule has 146 valence electrons. The van der Waals surface area contributed by atoms with Gasteiger partial charge in [0.1, 0.15) is 0 Å². The topological polar surface area (TPSA) is 75.3 Å². The van der Waals surface area contributed by atoms with Gasteiger partial charge in [-0.25, -0.2) is 13.1 Å². The molecule has 0 fully saturated rings. The van der Waals surface area contributed by atoms with Crippen molar-refractivity contribution in [1.82, 2.24) is 10.0 Å². The molecule has 9 heteroatoms. The predicted molar refractivity (Wildman–Crippen MR) is 94.9 cm³/mol. The van der Waals surface area contributed by atoms with Crippen molar-refractivity contribution >= 4 is 15.9 Å². The number of alkyl halides is 3. The van der Waals surface area contributed by atoms with E-state index in [1.807, 2.05) is 0 Å². The van der Waals surface area contributed by atoms with Crippen LogP contribution in [-0.4, -0.2) is 27.4 Å². The minimum Gasteiger partial charge on any atom is -0.351 e. The molecule has 2 aromatic carbocycles. The van der Waals surface area contributed by atoms with Gasteiger partial charge in [0.05, 0.1) is 10.5 Å². The molecule has 0 radical (unpaired) electrons. The minimum absolute atomic E-state index is 0.00997. The Morgan fingerprint density at radius 1 is 1.00 bits per heavy atom. The molecule has 0 aliphatic heterocycles. The van der Waals surface area contributed by atoms with E-state index < -0.39 is 27.7 Å². The molecule has 0 aliphatic rings. The first-order valence-electron chi connectivity index (χ1n) is 8.03. The molecule has 2 aromatic rings. The van der Waals surface area contributed by atoms with E-state index in [4.69, 9.17) is 0 Å². The summed E-state index contributed by atoms with van der Waals surface area (Å²) in [6.45, 7) is 3.40. The monoisotopic (exact) mass is 400 g/mol. The first-order chi connectivity index (χ1) is 12.5. The Kier molecular flexibility index (Phi) is 6.27. The summed E-state index contributed by atoms with van der Waals surface area (Å²) in [6, 6.07) is 8.83. The Hall–Kier alpha value is -2.39. The molecule has 0 bridgehead atoms. The van der Waals surface area contributed by atoms with Crippen LogP contribution in [0.3, 0.4) is 0 Å². The minimum atomic E-state index is -4.47. The summed E-state index contributed by atoms with van der Waals surface area (Å²) in [6.07, 6.45) is -4.47. The molecule has 0 unspecified atom stereocenters. The third kappa shape index (κ3) is 5.54. The number of hydrogen-bond acceptors (Lipinski definition) is 3. The summed E-state index contributed by atoms with van der Waals surface area (Å²) in [5.74, 6) is -0.588. The fraction of sp³-hybridized carbons (Fsp3) is 0.278. The normalized spacial score (nSPS) is 12.0. The number of sulfonamides is 1. The van der Waals surface area contributed by atoms with Crippen LogP contribution < -0.4 is 10.0 Å². The number of rotatable bonds is 6. The lowest BCUT2D eigenvalue weighted by atomic mass is 10.1. The summed E-state index contributed by atoms with van der Waals surface area (Å²) >= 11 is 0. The standard InChI is InChI=1S/C18H19F3N2O3S/c1-12-3-4-13(2)16(11-12)27(25,26)23-10-9-22-17(24)14-5-7-15(8-6-14)18(19,20)21/h3-8,11,23H,9-10H2,1-2H3,(H,22,24). The largest absolute Gasteiger partial charge is 0.416 e. The average molecular weight is 400 g/mol. The van der Waals surface area contributed by atoms with E-state index in [0.29, 0.717) is 5.56 Å². The lowest BCUT2D eigenvalue weighted by Crippen LogP contribution is -2.35. The van der Waals surface area contributed by atoms with Gasteiger partial charge in [-0.1, -0.05) is 12.1 Å². The van der Waals surface area contributed by atoms with Crippen LogP contribution in [0.25, 0.3) is 0 Å². The molecule has 5 nitrogen and oxygen atoms in total. The molecular weight excluding hydrogens is 381 g/mol. The highest BCUT2D eigenvalue weighted by molar-refractivity contribution is 7.89. The second-order valence-corrected chi connectivity index (χ2v) is 7.73. The SMILES string of the molecule is Cc1ccc(C)c(S(=O)(=O)NCCNC(=O)c2ccc(C(F)(F)F)cc2)c1. The first kappa shape index (κ1) is 20.9. The number of nitrogens with one attached hydrogen (secondary N) is 2. The van der Waals surface area contributed by atoms with Gasteiger partial charge in [0.2, 0.25) is 10.0 Å². The molecule has 0 aromatic heterocycles. The van der Waals surface area contributed by atoms with Gasteiger partial charge >= 0.3 is 6.18 Å². The Bertz CT molecular complexity index is 924. The number of amides is 1. The zero-order valence-electron chi connectivity index (χ0n) is 14.7. The van der Waals surface area contributed by atoms with Crippen LogP contribution in [0.2, 0.25) is 0 Å². The van der Waals surface area contributed by atoms with Crippen LogP contribution in [0.4, 0.5) is 13.2 Å². The second-order valence-electron chi connectivity index (χ2n) is 6.00. The van der Waals surface area contributed by atoms with Gasteiger partial charge in [-0.15, -0.1) is 0 Å². The van der Waals surface area contributed by atoms with Gasteiger partial charge < -0.3 is 5.32 Å². The third-order valence-corrected chi connectivity index (χ3v) is 5.41. The van der Waals surface area contributed by atoms with E-state index in [0.717, 1.165) is 29.8 Å². The van der Waals surface area contributed by atoms with Crippen LogP contribution in [-0.2, 0) is 16.2 Å². The number of aryl methyl sites for hydroxylation is 2. The smallest absolute Gasteiger partial charge is 0.351 e. The Labute approximate surface area is 155 Å². The van der Waals surface area contributed by atoms with Crippen molar-refractivity contribution in [3.05, 3.63) is 64.7 Å². The highest BCUT2D eigenvalue weighted by Crippen LogP contribution is 2.29. The maximum Gasteiger partial charge on any atom is 0.416 e. The molecule has 2 N–H and O–H groups in total. The van der Waals surface area contributed by atoms with Crippen LogP contribution >= 0.6 is 0 Å². The van der Waals surface area contributed by atoms with Crippen molar-refractivity contribution in [3.8, 4) is 0 Å². The van der Waals surface area contributed by atoms with Gasteiger partial charge in [-0.2, -0.15) is 13.2 Å². The van der Waals surface area contributed by atoms with Gasteiger partial charge in [0.15, 0.2) is 0 Å². The van der Waals surface area contributed by atoms with E-state index in [1.165, 1.54) is 0 Å². The average Bonchev–Trinajstić information content (AvgIpc) is 2.60. The zero-order valence-corrected chi connectivity index (χ0v) is 15.5. The number of carbonyl (C=O) groups is 1. The molecule has 0 spiro atoms. The van der Waals surface area contributed by atoms with Crippen molar-refractivity contribution in [1.29, 1.82) is 0 Å². The van der Waals surface area contributed by atoms with Crippen LogP contribution in [0.15, 0.2) is 47.4 Å². The van der Waals surface area contributed by atoms with Crippen molar-refractivity contribution in [2.75, 3.05) is 13.1 Å². The molecule has 0 saturated heterocycles. The van der Waals surface area contributed by atoms with E-state index >= 15 is 0 Å². The zero-order chi connectivity index (χ0) is 20.2. The fourth-order valence-electron chi connectivity index (χ4n) is 2.35. The van der Waals surface area contributed by atoms with E-state index in [2.05, 4.69) is 10.0 Å². The molecule has 2 rings (SSSR count). The van der Waals surface area contributed by atoms with Gasteiger partial charge in [-0.05, 0) is 55.3 Å². The van der Waals surface area contributed by atoms with Crippen molar-refractivity contribution in [2.45, 2.75) is 24.9 Å². The summed E-state index contributed by atoms with van der Waals surface area (Å²) in [5.41, 5.74) is 0.610. The summed E-state index contributed by atoms with van der Waals surface area (Å²) < 4.78 is 64.6. The summed E-state index contributed by atoms with van der Waals surface area (Å²) in [7, 11) is -3.72. The quantitative estimate of drug-likeness (QED) is 0.732. The number of carbonyl (C=O) groups excluding carboxylic acids is 1. The van der Waals surface area contributed by atoms with Gasteiger partial charge in [-0.3, -0.25) is 4.79 Å². The maximum absolute atomic E-state index is 12.5. The van der Waals surface area contributed by atoms with E-state index in [1.54, 1.807) is 32.0 Å². The molecule has 0 saturated carbocycles. The molecule has 1 amide bonds. The highest BCUT2D eigenvalue weighted by Gasteiger charge is 2.30. The van der Waals surface area contributed by atoms with Gasteiger partial charge in [0, 0.05) is 18.7 Å². The molecule has 27 heavy (non-hydrogen) atoms. The van der Waals surface area contributed by atoms with Crippen LogP contribution in [0.1, 0.15) is 27.0 Å². The predicted octanol–water partition coefficient (Wildman–Crippen LogP) is 3.03. The molecule has 0 atom stereocenters. The number of halogens is 3. The lowest BCUT2D eigenvalue weighted by molar-refractivity contribution is -0.137. The Morgan fingerprint density at radius 3 is 2.22 bits per heavy atom. The van der Waals surface area contributed by atoms with Crippen molar-refractivity contribution in [3.63, 3.8) is 0 Å². The highest BCUT2D eigenvalue weighted by atomic mass is 32.2. The van der Waals surface area contributed by atoms with Gasteiger partial charge in [0.25, 0.3) is 5.91 Å². The van der Waals surface area contributed by atoms with Crippen LogP contribution in [0.5, 0.6) is 0 Å². The van der Waals surface area contributed by atoms with Crippen molar-refractivity contribution in [2.24, 2.45) is 0 Å². The molecule has 0 aliphatic carbocycles. The maximum atomic E-state index is 12.5. The summed E-state index contributed by atoms with van der Waals surface area (Å²) in [4.78, 5) is 12.1. The Balaban J connectivity index is 1.91. The second kappa shape index (κ2) is 8.10. The van der Waals surface area contributed by atoms with Crippen molar-refractivity contribution < 1.29 is 26.4 Å². The number of hydrogen-bond donors (Lipinski definition) is 2.